The monoisotopic (exact) mass is 242 g/mol. The predicted molar refractivity (Wildman–Crippen MR) is 61.4 cm³/mol. The number of carbonyl (C=O) groups is 1. The highest BCUT2D eigenvalue weighted by Crippen LogP contribution is 2.08. The summed E-state index contributed by atoms with van der Waals surface area (Å²) in [6.07, 6.45) is 1.43. The molecular formula is C12H16F2N2O. The summed E-state index contributed by atoms with van der Waals surface area (Å²) in [5.74, 6) is -1.30. The summed E-state index contributed by atoms with van der Waals surface area (Å²) in [4.78, 5) is 11.2. The van der Waals surface area contributed by atoms with Crippen molar-refractivity contribution in [2.45, 2.75) is 19.3 Å². The molecule has 0 fully saturated rings. The van der Waals surface area contributed by atoms with Gasteiger partial charge in [-0.15, -0.1) is 0 Å². The van der Waals surface area contributed by atoms with Gasteiger partial charge in [0.25, 0.3) is 0 Å². The van der Waals surface area contributed by atoms with E-state index in [0.29, 0.717) is 37.9 Å². The molecule has 3 N–H and O–H groups in total. The summed E-state index contributed by atoms with van der Waals surface area (Å²) in [5.41, 5.74) is 5.80. The van der Waals surface area contributed by atoms with Crippen LogP contribution in [0.2, 0.25) is 0 Å². The first-order valence-corrected chi connectivity index (χ1v) is 5.53. The van der Waals surface area contributed by atoms with Crippen LogP contribution in [0.15, 0.2) is 18.2 Å². The maximum atomic E-state index is 12.8. The van der Waals surface area contributed by atoms with Gasteiger partial charge in [-0.05, 0) is 37.1 Å². The standard InChI is InChI=1S/C12H16F2N2O/c13-10-6-9(7-11(14)8-10)3-5-16-12(17)2-1-4-15/h6-8H,1-5,15H2,(H,16,17). The Morgan fingerprint density at radius 2 is 1.88 bits per heavy atom. The number of carbonyl (C=O) groups excluding carboxylic acids is 1. The number of amides is 1. The van der Waals surface area contributed by atoms with E-state index in [0.717, 1.165) is 6.07 Å². The lowest BCUT2D eigenvalue weighted by atomic mass is 10.1. The summed E-state index contributed by atoms with van der Waals surface area (Å²) in [7, 11) is 0. The Morgan fingerprint density at radius 3 is 2.47 bits per heavy atom. The Morgan fingerprint density at radius 1 is 1.24 bits per heavy atom. The van der Waals surface area contributed by atoms with Crippen molar-refractivity contribution in [2.24, 2.45) is 5.73 Å². The van der Waals surface area contributed by atoms with Gasteiger partial charge >= 0.3 is 0 Å². The SMILES string of the molecule is NCCCC(=O)NCCc1cc(F)cc(F)c1. The van der Waals surface area contributed by atoms with Gasteiger partial charge in [-0.1, -0.05) is 0 Å². The van der Waals surface area contributed by atoms with Crippen LogP contribution in [0.5, 0.6) is 0 Å². The largest absolute Gasteiger partial charge is 0.356 e. The smallest absolute Gasteiger partial charge is 0.220 e. The maximum absolute atomic E-state index is 12.8. The van der Waals surface area contributed by atoms with Crippen LogP contribution in [0, 0.1) is 11.6 Å². The van der Waals surface area contributed by atoms with Crippen molar-refractivity contribution in [3.8, 4) is 0 Å². The molecule has 1 amide bonds. The second-order valence-corrected chi connectivity index (χ2v) is 3.77. The molecule has 0 radical (unpaired) electrons. The van der Waals surface area contributed by atoms with Crippen molar-refractivity contribution in [3.63, 3.8) is 0 Å². The molecule has 0 aliphatic carbocycles. The van der Waals surface area contributed by atoms with Crippen LogP contribution in [-0.4, -0.2) is 19.0 Å². The van der Waals surface area contributed by atoms with Crippen molar-refractivity contribution in [2.75, 3.05) is 13.1 Å². The quantitative estimate of drug-likeness (QED) is 0.791. The number of nitrogens with one attached hydrogen (secondary N) is 1. The normalized spacial score (nSPS) is 10.3. The Balaban J connectivity index is 2.33. The van der Waals surface area contributed by atoms with Gasteiger partial charge in [-0.2, -0.15) is 0 Å². The van der Waals surface area contributed by atoms with Gasteiger partial charge in [-0.25, -0.2) is 8.78 Å². The summed E-state index contributed by atoms with van der Waals surface area (Å²) in [6, 6.07) is 3.34. The molecule has 0 spiro atoms. The van der Waals surface area contributed by atoms with E-state index in [1.165, 1.54) is 12.1 Å². The molecule has 0 aliphatic rings. The van der Waals surface area contributed by atoms with E-state index in [-0.39, 0.29) is 5.91 Å². The van der Waals surface area contributed by atoms with E-state index in [9.17, 15) is 13.6 Å². The molecule has 0 atom stereocenters. The van der Waals surface area contributed by atoms with Crippen molar-refractivity contribution >= 4 is 5.91 Å². The average Bonchev–Trinajstić information content (AvgIpc) is 2.25. The Hall–Kier alpha value is -1.49. The molecule has 1 aromatic rings. The lowest BCUT2D eigenvalue weighted by Gasteiger charge is -2.05. The van der Waals surface area contributed by atoms with E-state index < -0.39 is 11.6 Å². The third kappa shape index (κ3) is 5.40. The average molecular weight is 242 g/mol. The third-order valence-corrected chi connectivity index (χ3v) is 2.27. The molecular weight excluding hydrogens is 226 g/mol. The highest BCUT2D eigenvalue weighted by Gasteiger charge is 2.02. The summed E-state index contributed by atoms with van der Waals surface area (Å²) >= 11 is 0. The van der Waals surface area contributed by atoms with Crippen LogP contribution >= 0.6 is 0 Å². The molecule has 1 rings (SSSR count). The first-order valence-electron chi connectivity index (χ1n) is 5.53. The lowest BCUT2D eigenvalue weighted by Crippen LogP contribution is -2.26. The number of hydrogen-bond donors (Lipinski definition) is 2. The van der Waals surface area contributed by atoms with Crippen LogP contribution < -0.4 is 11.1 Å². The predicted octanol–water partition coefficient (Wildman–Crippen LogP) is 1.36. The Labute approximate surface area is 99.0 Å². The van der Waals surface area contributed by atoms with Gasteiger partial charge in [0.2, 0.25) is 5.91 Å². The van der Waals surface area contributed by atoms with Gasteiger partial charge < -0.3 is 11.1 Å². The molecule has 0 saturated carbocycles. The zero-order valence-electron chi connectivity index (χ0n) is 9.51. The number of benzene rings is 1. The van der Waals surface area contributed by atoms with Gasteiger partial charge in [0.05, 0.1) is 0 Å². The van der Waals surface area contributed by atoms with E-state index >= 15 is 0 Å². The fourth-order valence-corrected chi connectivity index (χ4v) is 1.45. The first-order chi connectivity index (χ1) is 8.11. The summed E-state index contributed by atoms with van der Waals surface area (Å²) < 4.78 is 25.7. The number of rotatable bonds is 6. The van der Waals surface area contributed by atoms with Crippen LogP contribution in [0.1, 0.15) is 18.4 Å². The second kappa shape index (κ2) is 6.96. The molecule has 0 unspecified atom stereocenters. The van der Waals surface area contributed by atoms with Crippen molar-refractivity contribution in [1.82, 2.24) is 5.32 Å². The summed E-state index contributed by atoms with van der Waals surface area (Å²) in [6.45, 7) is 0.842. The zero-order valence-corrected chi connectivity index (χ0v) is 9.51. The number of halogens is 2. The van der Waals surface area contributed by atoms with E-state index in [4.69, 9.17) is 5.73 Å². The van der Waals surface area contributed by atoms with Gasteiger partial charge in [0.15, 0.2) is 0 Å². The minimum Gasteiger partial charge on any atom is -0.356 e. The van der Waals surface area contributed by atoms with E-state index in [1.54, 1.807) is 0 Å². The molecule has 0 saturated heterocycles. The molecule has 17 heavy (non-hydrogen) atoms. The Bertz CT molecular complexity index is 363. The van der Waals surface area contributed by atoms with Gasteiger partial charge in [-0.3, -0.25) is 4.79 Å². The molecule has 0 heterocycles. The minimum atomic E-state index is -0.602. The lowest BCUT2D eigenvalue weighted by molar-refractivity contribution is -0.121. The number of hydrogen-bond acceptors (Lipinski definition) is 2. The second-order valence-electron chi connectivity index (χ2n) is 3.77. The molecule has 3 nitrogen and oxygen atoms in total. The molecule has 0 bridgehead atoms. The van der Waals surface area contributed by atoms with E-state index in [2.05, 4.69) is 5.32 Å². The van der Waals surface area contributed by atoms with E-state index in [1.807, 2.05) is 0 Å². The maximum Gasteiger partial charge on any atom is 0.220 e. The van der Waals surface area contributed by atoms with Gasteiger partial charge in [0.1, 0.15) is 11.6 Å². The zero-order chi connectivity index (χ0) is 12.7. The fraction of sp³-hybridized carbons (Fsp3) is 0.417. The summed E-state index contributed by atoms with van der Waals surface area (Å²) in [5, 5.41) is 2.67. The van der Waals surface area contributed by atoms with Crippen molar-refractivity contribution in [3.05, 3.63) is 35.4 Å². The minimum absolute atomic E-state index is 0.0904. The molecule has 5 heteroatoms. The topological polar surface area (TPSA) is 55.1 Å². The van der Waals surface area contributed by atoms with Crippen molar-refractivity contribution in [1.29, 1.82) is 0 Å². The number of nitrogens with two attached hydrogens (primary N) is 1. The van der Waals surface area contributed by atoms with Crippen LogP contribution in [-0.2, 0) is 11.2 Å². The molecule has 94 valence electrons. The molecule has 0 aromatic heterocycles. The van der Waals surface area contributed by atoms with Crippen LogP contribution in [0.25, 0.3) is 0 Å². The highest BCUT2D eigenvalue weighted by atomic mass is 19.1. The van der Waals surface area contributed by atoms with Gasteiger partial charge in [0, 0.05) is 19.0 Å². The first kappa shape index (κ1) is 13.6. The fourth-order valence-electron chi connectivity index (χ4n) is 1.45. The van der Waals surface area contributed by atoms with Crippen LogP contribution in [0.4, 0.5) is 8.78 Å². The van der Waals surface area contributed by atoms with Crippen molar-refractivity contribution < 1.29 is 13.6 Å². The molecule has 1 aromatic carbocycles. The third-order valence-electron chi connectivity index (χ3n) is 2.27. The van der Waals surface area contributed by atoms with Crippen LogP contribution in [0.3, 0.4) is 0 Å². The Kier molecular flexibility index (Phi) is 5.56. The highest BCUT2D eigenvalue weighted by molar-refractivity contribution is 5.75. The molecule has 0 aliphatic heterocycles.